The molecule has 0 aliphatic carbocycles. The Kier molecular flexibility index (Phi) is 5.67. The van der Waals surface area contributed by atoms with Crippen molar-refractivity contribution in [1.29, 1.82) is 0 Å². The second-order valence-electron chi connectivity index (χ2n) is 6.51. The number of aromatic nitrogens is 4. The zero-order chi connectivity index (χ0) is 21.1. The molecular weight excluding hydrogens is 409 g/mol. The van der Waals surface area contributed by atoms with Gasteiger partial charge in [0.05, 0.1) is 24.9 Å². The third-order valence-corrected chi connectivity index (χ3v) is 4.85. The van der Waals surface area contributed by atoms with Gasteiger partial charge < -0.3 is 19.4 Å². The fraction of sp³-hybridized carbons (Fsp3) is 0.190. The molecule has 4 aromatic rings. The molecule has 2 aromatic carbocycles. The lowest BCUT2D eigenvalue weighted by molar-refractivity contribution is 0.279. The summed E-state index contributed by atoms with van der Waals surface area (Å²) in [6.45, 7) is 3.02. The zero-order valence-corrected chi connectivity index (χ0v) is 17.2. The highest BCUT2D eigenvalue weighted by molar-refractivity contribution is 6.30. The fourth-order valence-electron chi connectivity index (χ4n) is 3.05. The summed E-state index contributed by atoms with van der Waals surface area (Å²) >= 11 is 5.83. The Morgan fingerprint density at radius 2 is 2.00 bits per heavy atom. The molecule has 4 rings (SSSR count). The van der Waals surface area contributed by atoms with E-state index >= 15 is 0 Å². The molecule has 0 aliphatic rings. The third kappa shape index (κ3) is 4.13. The van der Waals surface area contributed by atoms with E-state index in [0.29, 0.717) is 46.4 Å². The molecule has 9 heteroatoms. The number of fused-ring (bicyclic) bond motifs is 1. The van der Waals surface area contributed by atoms with E-state index in [4.69, 9.17) is 21.1 Å². The van der Waals surface area contributed by atoms with Crippen molar-refractivity contribution in [1.82, 2.24) is 19.5 Å². The maximum atomic E-state index is 14.2. The van der Waals surface area contributed by atoms with E-state index in [2.05, 4.69) is 20.3 Å². The predicted octanol–water partition coefficient (Wildman–Crippen LogP) is 4.76. The van der Waals surface area contributed by atoms with Crippen molar-refractivity contribution in [2.45, 2.75) is 13.5 Å². The number of ether oxygens (including phenoxy) is 2. The highest BCUT2D eigenvalue weighted by Crippen LogP contribution is 2.35. The van der Waals surface area contributed by atoms with E-state index in [1.54, 1.807) is 37.6 Å². The maximum absolute atomic E-state index is 14.2. The van der Waals surface area contributed by atoms with Gasteiger partial charge in [-0.25, -0.2) is 19.3 Å². The van der Waals surface area contributed by atoms with Crippen molar-refractivity contribution in [3.05, 3.63) is 65.7 Å². The Hall–Kier alpha value is -3.39. The van der Waals surface area contributed by atoms with E-state index in [-0.39, 0.29) is 5.69 Å². The molecule has 0 spiro atoms. The monoisotopic (exact) mass is 427 g/mol. The number of anilines is 2. The quantitative estimate of drug-likeness (QED) is 0.458. The Morgan fingerprint density at radius 1 is 1.13 bits per heavy atom. The molecule has 0 atom stereocenters. The second kappa shape index (κ2) is 8.54. The molecule has 0 fully saturated rings. The summed E-state index contributed by atoms with van der Waals surface area (Å²) in [4.78, 5) is 12.8. The van der Waals surface area contributed by atoms with Crippen LogP contribution in [0.5, 0.6) is 11.5 Å². The van der Waals surface area contributed by atoms with Crippen LogP contribution in [0.1, 0.15) is 5.82 Å². The minimum Gasteiger partial charge on any atom is -0.493 e. The van der Waals surface area contributed by atoms with Gasteiger partial charge in [-0.2, -0.15) is 0 Å². The van der Waals surface area contributed by atoms with Crippen LogP contribution >= 0.6 is 11.6 Å². The van der Waals surface area contributed by atoms with Crippen LogP contribution in [-0.4, -0.2) is 33.2 Å². The van der Waals surface area contributed by atoms with E-state index < -0.39 is 5.82 Å². The minimum atomic E-state index is -0.476. The number of hydrogen-bond donors (Lipinski definition) is 1. The van der Waals surface area contributed by atoms with Crippen LogP contribution in [0.3, 0.4) is 0 Å². The molecule has 0 amide bonds. The first-order valence-corrected chi connectivity index (χ1v) is 9.58. The number of imidazole rings is 1. The lowest BCUT2D eigenvalue weighted by Gasteiger charge is -2.14. The first kappa shape index (κ1) is 19.9. The number of aryl methyl sites for hydroxylation is 1. The number of hydrogen-bond acceptors (Lipinski definition) is 6. The van der Waals surface area contributed by atoms with Gasteiger partial charge in [-0.05, 0) is 31.2 Å². The van der Waals surface area contributed by atoms with E-state index in [1.807, 2.05) is 17.7 Å². The summed E-state index contributed by atoms with van der Waals surface area (Å²) < 4.78 is 27.6. The van der Waals surface area contributed by atoms with E-state index in [1.165, 1.54) is 12.4 Å². The van der Waals surface area contributed by atoms with Gasteiger partial charge in [-0.15, -0.1) is 0 Å². The Labute approximate surface area is 177 Å². The Morgan fingerprint density at radius 3 is 2.73 bits per heavy atom. The Bertz CT molecular complexity index is 1200. The summed E-state index contributed by atoms with van der Waals surface area (Å²) in [7, 11) is 1.56. The number of benzene rings is 2. The number of nitrogens with zero attached hydrogens (tertiary/aromatic N) is 4. The van der Waals surface area contributed by atoms with Gasteiger partial charge >= 0.3 is 0 Å². The predicted molar refractivity (Wildman–Crippen MR) is 113 cm³/mol. The van der Waals surface area contributed by atoms with Crippen molar-refractivity contribution in [2.75, 3.05) is 19.0 Å². The first-order valence-electron chi connectivity index (χ1n) is 9.20. The van der Waals surface area contributed by atoms with Crippen molar-refractivity contribution in [3.8, 4) is 11.5 Å². The standard InChI is InChI=1S/C21H19ClFN5O2/c1-13-24-5-6-28(13)7-8-30-20-11-18-15(10-19(20)29-2)21(26-12-25-18)27-17-4-3-14(22)9-16(17)23/h3-6,9-12H,7-8H2,1-2H3,(H,25,26,27). The van der Waals surface area contributed by atoms with Crippen LogP contribution in [0.15, 0.2) is 49.1 Å². The van der Waals surface area contributed by atoms with Crippen molar-refractivity contribution >= 4 is 34.0 Å². The van der Waals surface area contributed by atoms with Gasteiger partial charge in [0.25, 0.3) is 0 Å². The number of nitrogens with one attached hydrogen (secondary N) is 1. The van der Waals surface area contributed by atoms with E-state index in [9.17, 15) is 4.39 Å². The summed E-state index contributed by atoms with van der Waals surface area (Å²) in [6.07, 6.45) is 5.06. The summed E-state index contributed by atoms with van der Waals surface area (Å²) in [5.41, 5.74) is 0.894. The largest absolute Gasteiger partial charge is 0.493 e. The summed E-state index contributed by atoms with van der Waals surface area (Å²) in [5, 5.41) is 3.98. The van der Waals surface area contributed by atoms with Crippen molar-refractivity contribution < 1.29 is 13.9 Å². The third-order valence-electron chi connectivity index (χ3n) is 4.62. The summed E-state index contributed by atoms with van der Waals surface area (Å²) in [6, 6.07) is 7.94. The normalized spacial score (nSPS) is 10.9. The molecule has 2 heterocycles. The Balaban J connectivity index is 1.61. The molecule has 154 valence electrons. The van der Waals surface area contributed by atoms with Gasteiger partial charge in [0, 0.05) is 28.9 Å². The first-order chi connectivity index (χ1) is 14.5. The van der Waals surface area contributed by atoms with Gasteiger partial charge in [0.1, 0.15) is 30.4 Å². The molecular formula is C21H19ClFN5O2. The van der Waals surface area contributed by atoms with Crippen molar-refractivity contribution in [2.24, 2.45) is 0 Å². The smallest absolute Gasteiger partial charge is 0.163 e. The highest BCUT2D eigenvalue weighted by Gasteiger charge is 2.13. The van der Waals surface area contributed by atoms with Crippen LogP contribution in [0.4, 0.5) is 15.9 Å². The van der Waals surface area contributed by atoms with Gasteiger partial charge in [0.2, 0.25) is 0 Å². The van der Waals surface area contributed by atoms with Gasteiger partial charge in [-0.1, -0.05) is 11.6 Å². The summed E-state index contributed by atoms with van der Waals surface area (Å²) in [5.74, 6) is 1.97. The number of halogens is 2. The zero-order valence-electron chi connectivity index (χ0n) is 16.4. The lowest BCUT2D eigenvalue weighted by Crippen LogP contribution is -2.09. The molecule has 0 unspecified atom stereocenters. The fourth-order valence-corrected chi connectivity index (χ4v) is 3.21. The average Bonchev–Trinajstić information content (AvgIpc) is 3.14. The average molecular weight is 428 g/mol. The topological polar surface area (TPSA) is 74.1 Å². The van der Waals surface area contributed by atoms with Crippen LogP contribution in [-0.2, 0) is 6.54 Å². The molecule has 30 heavy (non-hydrogen) atoms. The SMILES string of the molecule is COc1cc2c(Nc3ccc(Cl)cc3F)ncnc2cc1OCCn1ccnc1C. The molecule has 0 aliphatic heterocycles. The van der Waals surface area contributed by atoms with E-state index in [0.717, 1.165) is 5.82 Å². The molecule has 0 saturated heterocycles. The van der Waals surface area contributed by atoms with Crippen LogP contribution in [0.25, 0.3) is 10.9 Å². The molecule has 1 N–H and O–H groups in total. The highest BCUT2D eigenvalue weighted by atomic mass is 35.5. The van der Waals surface area contributed by atoms with Crippen LogP contribution in [0.2, 0.25) is 5.02 Å². The second-order valence-corrected chi connectivity index (χ2v) is 6.94. The molecule has 0 saturated carbocycles. The maximum Gasteiger partial charge on any atom is 0.163 e. The van der Waals surface area contributed by atoms with Crippen LogP contribution < -0.4 is 14.8 Å². The van der Waals surface area contributed by atoms with Gasteiger partial charge in [0.15, 0.2) is 11.5 Å². The van der Waals surface area contributed by atoms with Gasteiger partial charge in [-0.3, -0.25) is 0 Å². The molecule has 0 radical (unpaired) electrons. The molecule has 2 aromatic heterocycles. The molecule has 0 bridgehead atoms. The minimum absolute atomic E-state index is 0.259. The van der Waals surface area contributed by atoms with Crippen molar-refractivity contribution in [3.63, 3.8) is 0 Å². The lowest BCUT2D eigenvalue weighted by atomic mass is 10.2. The van der Waals surface area contributed by atoms with Crippen LogP contribution in [0, 0.1) is 12.7 Å². The molecule has 7 nitrogen and oxygen atoms in total. The number of methoxy groups -OCH3 is 1. The number of rotatable bonds is 7.